The molecule has 0 aliphatic carbocycles. The lowest BCUT2D eigenvalue weighted by Crippen LogP contribution is -2.35. The van der Waals surface area contributed by atoms with Crippen molar-refractivity contribution in [3.05, 3.63) is 35.4 Å². The van der Waals surface area contributed by atoms with Crippen molar-refractivity contribution in [3.63, 3.8) is 0 Å². The fourth-order valence-corrected chi connectivity index (χ4v) is 1.94. The number of nitrogens with one attached hydrogen (secondary N) is 2. The van der Waals surface area contributed by atoms with E-state index in [-0.39, 0.29) is 11.8 Å². The molecule has 4 nitrogen and oxygen atoms in total. The highest BCUT2D eigenvalue weighted by atomic mass is 16.2. The highest BCUT2D eigenvalue weighted by molar-refractivity contribution is 5.94. The fourth-order valence-electron chi connectivity index (χ4n) is 1.94. The van der Waals surface area contributed by atoms with Crippen LogP contribution in [-0.4, -0.2) is 24.9 Å². The summed E-state index contributed by atoms with van der Waals surface area (Å²) < 4.78 is 0. The van der Waals surface area contributed by atoms with Crippen LogP contribution in [0.1, 0.15) is 56.0 Å². The van der Waals surface area contributed by atoms with Crippen molar-refractivity contribution in [3.8, 4) is 0 Å². The summed E-state index contributed by atoms with van der Waals surface area (Å²) in [6.45, 7) is 9.14. The molecule has 0 aromatic heterocycles. The second kappa shape index (κ2) is 8.45. The van der Waals surface area contributed by atoms with Gasteiger partial charge in [0, 0.05) is 25.1 Å². The zero-order chi connectivity index (χ0) is 15.8. The van der Waals surface area contributed by atoms with E-state index in [0.29, 0.717) is 36.9 Å². The van der Waals surface area contributed by atoms with E-state index in [0.717, 1.165) is 0 Å². The van der Waals surface area contributed by atoms with Crippen LogP contribution >= 0.6 is 0 Å². The minimum atomic E-state index is -0.108. The number of carbonyl (C=O) groups excluding carboxylic acids is 2. The Morgan fingerprint density at radius 1 is 0.952 bits per heavy atom. The number of rotatable bonds is 7. The largest absolute Gasteiger partial charge is 0.354 e. The Morgan fingerprint density at radius 2 is 1.52 bits per heavy atom. The molecule has 1 rings (SSSR count). The standard InChI is InChI=1S/C17H26N2O2/c1-12(2)11-16(20)18-9-10-19-17(21)15-7-5-14(6-8-15)13(3)4/h5-8,12-13H,9-11H2,1-4H3,(H,18,20)(H,19,21). The van der Waals surface area contributed by atoms with Gasteiger partial charge in [-0.2, -0.15) is 0 Å². The third-order valence-corrected chi connectivity index (χ3v) is 3.17. The lowest BCUT2D eigenvalue weighted by atomic mass is 10.0. The molecule has 2 N–H and O–H groups in total. The van der Waals surface area contributed by atoms with Gasteiger partial charge >= 0.3 is 0 Å². The Bertz CT molecular complexity index is 464. The first-order valence-corrected chi connectivity index (χ1v) is 7.55. The number of hydrogen-bond acceptors (Lipinski definition) is 2. The summed E-state index contributed by atoms with van der Waals surface area (Å²) >= 11 is 0. The molecule has 0 fully saturated rings. The number of carbonyl (C=O) groups is 2. The van der Waals surface area contributed by atoms with E-state index in [1.54, 1.807) is 0 Å². The minimum Gasteiger partial charge on any atom is -0.354 e. The van der Waals surface area contributed by atoms with E-state index in [4.69, 9.17) is 0 Å². The Kier molecular flexibility index (Phi) is 6.92. The molecule has 0 aliphatic rings. The minimum absolute atomic E-state index is 0.0283. The topological polar surface area (TPSA) is 58.2 Å². The van der Waals surface area contributed by atoms with Gasteiger partial charge in [-0.25, -0.2) is 0 Å². The van der Waals surface area contributed by atoms with Gasteiger partial charge in [-0.15, -0.1) is 0 Å². The molecule has 0 atom stereocenters. The molecule has 0 unspecified atom stereocenters. The van der Waals surface area contributed by atoms with Crippen molar-refractivity contribution in [1.82, 2.24) is 10.6 Å². The summed E-state index contributed by atoms with van der Waals surface area (Å²) in [5, 5.41) is 5.59. The predicted molar refractivity (Wildman–Crippen MR) is 85.3 cm³/mol. The second-order valence-electron chi connectivity index (χ2n) is 5.98. The normalized spacial score (nSPS) is 10.8. The van der Waals surface area contributed by atoms with Crippen molar-refractivity contribution < 1.29 is 9.59 Å². The van der Waals surface area contributed by atoms with Gasteiger partial charge in [0.1, 0.15) is 0 Å². The summed E-state index contributed by atoms with van der Waals surface area (Å²) in [5.74, 6) is 0.723. The Morgan fingerprint density at radius 3 is 2.05 bits per heavy atom. The maximum absolute atomic E-state index is 11.9. The summed E-state index contributed by atoms with van der Waals surface area (Å²) in [5.41, 5.74) is 1.86. The lowest BCUT2D eigenvalue weighted by Gasteiger charge is -2.09. The van der Waals surface area contributed by atoms with Gasteiger partial charge in [0.05, 0.1) is 0 Å². The molecular formula is C17H26N2O2. The molecule has 0 saturated carbocycles. The van der Waals surface area contributed by atoms with Crippen LogP contribution < -0.4 is 10.6 Å². The van der Waals surface area contributed by atoms with Gasteiger partial charge in [0.15, 0.2) is 0 Å². The smallest absolute Gasteiger partial charge is 0.251 e. The third kappa shape index (κ3) is 6.43. The lowest BCUT2D eigenvalue weighted by molar-refractivity contribution is -0.121. The number of benzene rings is 1. The molecule has 0 radical (unpaired) electrons. The Hall–Kier alpha value is -1.84. The van der Waals surface area contributed by atoms with E-state index in [1.807, 2.05) is 38.1 Å². The first-order chi connectivity index (χ1) is 9.90. The van der Waals surface area contributed by atoms with Crippen LogP contribution in [0, 0.1) is 5.92 Å². The van der Waals surface area contributed by atoms with E-state index in [9.17, 15) is 9.59 Å². The highest BCUT2D eigenvalue weighted by Crippen LogP contribution is 2.14. The highest BCUT2D eigenvalue weighted by Gasteiger charge is 2.07. The molecule has 2 amide bonds. The Balaban J connectivity index is 2.32. The van der Waals surface area contributed by atoms with Crippen LogP contribution in [-0.2, 0) is 4.79 Å². The maximum atomic E-state index is 11.9. The molecule has 0 saturated heterocycles. The van der Waals surface area contributed by atoms with Gasteiger partial charge < -0.3 is 10.6 Å². The van der Waals surface area contributed by atoms with Gasteiger partial charge in [0.25, 0.3) is 5.91 Å². The molecule has 1 aromatic rings. The first-order valence-electron chi connectivity index (χ1n) is 7.55. The summed E-state index contributed by atoms with van der Waals surface area (Å²) in [4.78, 5) is 23.4. The average Bonchev–Trinajstić information content (AvgIpc) is 2.42. The third-order valence-electron chi connectivity index (χ3n) is 3.17. The van der Waals surface area contributed by atoms with Crippen molar-refractivity contribution >= 4 is 11.8 Å². The second-order valence-corrected chi connectivity index (χ2v) is 5.98. The van der Waals surface area contributed by atoms with Crippen molar-refractivity contribution in [1.29, 1.82) is 0 Å². The van der Waals surface area contributed by atoms with Crippen LogP contribution in [0.2, 0.25) is 0 Å². The zero-order valence-corrected chi connectivity index (χ0v) is 13.4. The van der Waals surface area contributed by atoms with E-state index < -0.39 is 0 Å². The first kappa shape index (κ1) is 17.2. The van der Waals surface area contributed by atoms with Gasteiger partial charge in [-0.1, -0.05) is 39.8 Å². The van der Waals surface area contributed by atoms with Crippen molar-refractivity contribution in [2.45, 2.75) is 40.0 Å². The molecule has 0 spiro atoms. The van der Waals surface area contributed by atoms with Crippen molar-refractivity contribution in [2.24, 2.45) is 5.92 Å². The maximum Gasteiger partial charge on any atom is 0.251 e. The number of amides is 2. The summed E-state index contributed by atoms with van der Waals surface area (Å²) in [6.07, 6.45) is 0.518. The predicted octanol–water partition coefficient (Wildman–Crippen LogP) is 2.70. The van der Waals surface area contributed by atoms with Gasteiger partial charge in [0.2, 0.25) is 5.91 Å². The quantitative estimate of drug-likeness (QED) is 0.759. The van der Waals surface area contributed by atoms with Gasteiger partial charge in [-0.3, -0.25) is 9.59 Å². The van der Waals surface area contributed by atoms with E-state index in [1.165, 1.54) is 5.56 Å². The van der Waals surface area contributed by atoms with E-state index >= 15 is 0 Å². The monoisotopic (exact) mass is 290 g/mol. The molecular weight excluding hydrogens is 264 g/mol. The molecule has 4 heteroatoms. The van der Waals surface area contributed by atoms with Gasteiger partial charge in [-0.05, 0) is 29.5 Å². The van der Waals surface area contributed by atoms with E-state index in [2.05, 4.69) is 24.5 Å². The molecule has 116 valence electrons. The molecule has 1 aromatic carbocycles. The van der Waals surface area contributed by atoms with Crippen LogP contribution in [0.15, 0.2) is 24.3 Å². The fraction of sp³-hybridized carbons (Fsp3) is 0.529. The number of hydrogen-bond donors (Lipinski definition) is 2. The van der Waals surface area contributed by atoms with Crippen LogP contribution in [0.5, 0.6) is 0 Å². The molecule has 0 heterocycles. The average molecular weight is 290 g/mol. The summed E-state index contributed by atoms with van der Waals surface area (Å²) in [7, 11) is 0. The van der Waals surface area contributed by atoms with Crippen LogP contribution in [0.3, 0.4) is 0 Å². The summed E-state index contributed by atoms with van der Waals surface area (Å²) in [6, 6.07) is 7.62. The van der Waals surface area contributed by atoms with Crippen molar-refractivity contribution in [2.75, 3.05) is 13.1 Å². The molecule has 21 heavy (non-hydrogen) atoms. The van der Waals surface area contributed by atoms with Crippen LogP contribution in [0.25, 0.3) is 0 Å². The zero-order valence-electron chi connectivity index (χ0n) is 13.4. The van der Waals surface area contributed by atoms with Crippen LogP contribution in [0.4, 0.5) is 0 Å². The SMILES string of the molecule is CC(C)CC(=O)NCCNC(=O)c1ccc(C(C)C)cc1. The molecule has 0 aliphatic heterocycles. The molecule has 0 bridgehead atoms. The Labute approximate surface area is 127 Å².